The molecule has 1 heteroatoms. The first-order chi connectivity index (χ1) is 3.79. The van der Waals surface area contributed by atoms with Crippen molar-refractivity contribution < 1.29 is 0 Å². The van der Waals surface area contributed by atoms with Crippen LogP contribution >= 0.6 is 0 Å². The first-order valence-electron chi connectivity index (χ1n) is 2.54. The topological polar surface area (TPSA) is 0 Å². The molecule has 0 amide bonds. The number of rotatable bonds is 0. The van der Waals surface area contributed by atoms with Crippen LogP contribution in [0.3, 0.4) is 0 Å². The number of hydrogen-bond acceptors (Lipinski definition) is 0. The number of hydrogen-bond donors (Lipinski definition) is 0. The predicted octanol–water partition coefficient (Wildman–Crippen LogP) is 0.789. The van der Waals surface area contributed by atoms with Gasteiger partial charge in [-0.1, -0.05) is 0 Å². The SMILES string of the molecule is Cc1cc[c]([Bi+2])cc1. The Labute approximate surface area is 64.8 Å². The first kappa shape index (κ1) is 6.23. The van der Waals surface area contributed by atoms with Crippen molar-refractivity contribution in [1.82, 2.24) is 0 Å². The molecule has 0 nitrogen and oxygen atoms in total. The molecule has 0 aromatic heterocycles. The van der Waals surface area contributed by atoms with Crippen molar-refractivity contribution in [3.8, 4) is 0 Å². The molecule has 0 unspecified atom stereocenters. The van der Waals surface area contributed by atoms with Crippen LogP contribution in [0.2, 0.25) is 0 Å². The van der Waals surface area contributed by atoms with Gasteiger partial charge in [-0.3, -0.25) is 0 Å². The van der Waals surface area contributed by atoms with E-state index in [-0.39, 0.29) is 0 Å². The molecule has 0 fully saturated rings. The Bertz CT molecular complexity index is 143. The second-order valence-electron chi connectivity index (χ2n) is 1.84. The Morgan fingerprint density at radius 1 is 1.12 bits per heavy atom. The standard InChI is InChI=1S/C7H7.Bi/c1-7-5-3-2-4-6-7;/h3-6H,1H3;/q;+2. The Morgan fingerprint density at radius 2 is 1.62 bits per heavy atom. The van der Waals surface area contributed by atoms with Gasteiger partial charge in [0.1, 0.15) is 0 Å². The van der Waals surface area contributed by atoms with Crippen LogP contribution in [0.15, 0.2) is 24.3 Å². The third kappa shape index (κ3) is 1.56. The second kappa shape index (κ2) is 2.59. The average Bonchev–Trinajstić information content (AvgIpc) is 1.77. The molecule has 38 valence electrons. The van der Waals surface area contributed by atoms with Crippen LogP contribution in [-0.4, -0.2) is 24.7 Å². The molecular formula is C7H7Bi+2. The van der Waals surface area contributed by atoms with E-state index in [2.05, 4.69) is 31.2 Å². The molecule has 0 aliphatic carbocycles. The van der Waals surface area contributed by atoms with Crippen molar-refractivity contribution >= 4 is 28.0 Å². The molecular weight excluding hydrogens is 293 g/mol. The van der Waals surface area contributed by atoms with E-state index in [0.29, 0.717) is 0 Å². The molecule has 0 saturated heterocycles. The fourth-order valence-corrected chi connectivity index (χ4v) is 1.12. The predicted molar refractivity (Wildman–Crippen MR) is 36.6 cm³/mol. The van der Waals surface area contributed by atoms with Crippen LogP contribution in [0.1, 0.15) is 5.56 Å². The number of aryl methyl sites for hydroxylation is 1. The zero-order valence-corrected chi connectivity index (χ0v) is 8.23. The van der Waals surface area contributed by atoms with Gasteiger partial charge in [-0.2, -0.15) is 0 Å². The van der Waals surface area contributed by atoms with E-state index < -0.39 is 0 Å². The molecule has 0 bridgehead atoms. The summed E-state index contributed by atoms with van der Waals surface area (Å²) in [5.41, 5.74) is 1.35. The van der Waals surface area contributed by atoms with Gasteiger partial charge >= 0.3 is 64.7 Å². The summed E-state index contributed by atoms with van der Waals surface area (Å²) in [6.45, 7) is 2.11. The molecule has 1 rings (SSSR count). The molecule has 0 heterocycles. The molecule has 1 aromatic rings. The zero-order chi connectivity index (χ0) is 5.98. The van der Waals surface area contributed by atoms with E-state index in [9.17, 15) is 0 Å². The maximum atomic E-state index is 2.17. The van der Waals surface area contributed by atoms with Gasteiger partial charge in [0.25, 0.3) is 0 Å². The van der Waals surface area contributed by atoms with E-state index in [1.807, 2.05) is 0 Å². The Morgan fingerprint density at radius 3 is 2.00 bits per heavy atom. The number of benzene rings is 1. The fourth-order valence-electron chi connectivity index (χ4n) is 0.545. The van der Waals surface area contributed by atoms with Gasteiger partial charge in [-0.05, 0) is 0 Å². The van der Waals surface area contributed by atoms with Gasteiger partial charge < -0.3 is 0 Å². The van der Waals surface area contributed by atoms with E-state index in [1.54, 1.807) is 0 Å². The van der Waals surface area contributed by atoms with Crippen LogP contribution < -0.4 is 3.27 Å². The van der Waals surface area contributed by atoms with Crippen molar-refractivity contribution in [3.63, 3.8) is 0 Å². The minimum absolute atomic E-state index is 1.35. The third-order valence-electron chi connectivity index (χ3n) is 1.03. The maximum absolute atomic E-state index is 2.17. The Hall–Kier alpha value is 0.103. The van der Waals surface area contributed by atoms with Crippen LogP contribution in [0, 0.1) is 6.92 Å². The summed E-state index contributed by atoms with van der Waals surface area (Å²) in [6, 6.07) is 8.64. The van der Waals surface area contributed by atoms with Crippen molar-refractivity contribution in [1.29, 1.82) is 0 Å². The Kier molecular flexibility index (Phi) is 2.02. The van der Waals surface area contributed by atoms with Gasteiger partial charge in [0.15, 0.2) is 0 Å². The van der Waals surface area contributed by atoms with Gasteiger partial charge in [-0.25, -0.2) is 0 Å². The summed E-state index contributed by atoms with van der Waals surface area (Å²) in [6.07, 6.45) is 0. The fraction of sp³-hybridized carbons (Fsp3) is 0.143. The van der Waals surface area contributed by atoms with Crippen LogP contribution in [0.4, 0.5) is 0 Å². The minimum atomic E-state index is 1.35. The van der Waals surface area contributed by atoms with Crippen LogP contribution in [-0.2, 0) is 0 Å². The zero-order valence-electron chi connectivity index (χ0n) is 4.76. The van der Waals surface area contributed by atoms with E-state index in [4.69, 9.17) is 0 Å². The summed E-state index contributed by atoms with van der Waals surface area (Å²) < 4.78 is 1.44. The quantitative estimate of drug-likeness (QED) is 0.622. The monoisotopic (exact) mass is 300 g/mol. The molecule has 1 aromatic carbocycles. The molecule has 2 radical (unpaired) electrons. The van der Waals surface area contributed by atoms with Crippen molar-refractivity contribution in [3.05, 3.63) is 29.8 Å². The van der Waals surface area contributed by atoms with Crippen LogP contribution in [0.5, 0.6) is 0 Å². The molecule has 0 aliphatic rings. The van der Waals surface area contributed by atoms with Gasteiger partial charge in [0, 0.05) is 0 Å². The van der Waals surface area contributed by atoms with Gasteiger partial charge in [0.05, 0.1) is 0 Å². The second-order valence-corrected chi connectivity index (χ2v) is 3.84. The van der Waals surface area contributed by atoms with E-state index in [1.165, 1.54) is 33.6 Å². The normalized spacial score (nSPS) is 9.12. The molecule has 0 atom stereocenters. The van der Waals surface area contributed by atoms with Crippen molar-refractivity contribution in [2.45, 2.75) is 6.92 Å². The molecule has 0 N–H and O–H groups in total. The van der Waals surface area contributed by atoms with Crippen LogP contribution in [0.25, 0.3) is 0 Å². The summed E-state index contributed by atoms with van der Waals surface area (Å²) in [4.78, 5) is 0. The summed E-state index contributed by atoms with van der Waals surface area (Å²) in [7, 11) is 0. The molecule has 0 spiro atoms. The Balaban J connectivity index is 3.03. The summed E-state index contributed by atoms with van der Waals surface area (Å²) >= 11 is 1.36. The van der Waals surface area contributed by atoms with Gasteiger partial charge in [0.2, 0.25) is 0 Å². The van der Waals surface area contributed by atoms with Gasteiger partial charge in [-0.15, -0.1) is 0 Å². The molecule has 0 aliphatic heterocycles. The summed E-state index contributed by atoms with van der Waals surface area (Å²) in [5, 5.41) is 0. The molecule has 0 saturated carbocycles. The van der Waals surface area contributed by atoms with Crippen molar-refractivity contribution in [2.75, 3.05) is 0 Å². The first-order valence-corrected chi connectivity index (χ1v) is 4.28. The third-order valence-corrected chi connectivity index (χ3v) is 2.19. The van der Waals surface area contributed by atoms with Crippen molar-refractivity contribution in [2.24, 2.45) is 0 Å². The summed E-state index contributed by atoms with van der Waals surface area (Å²) in [5.74, 6) is 0. The van der Waals surface area contributed by atoms with E-state index >= 15 is 0 Å². The average molecular weight is 300 g/mol. The van der Waals surface area contributed by atoms with E-state index in [0.717, 1.165) is 0 Å². The molecule has 8 heavy (non-hydrogen) atoms.